The third-order valence-electron chi connectivity index (χ3n) is 12.8. The quantitative estimate of drug-likeness (QED) is 0.0590. The molecule has 4 aromatic carbocycles. The summed E-state index contributed by atoms with van der Waals surface area (Å²) in [5.41, 5.74) is 14.6. The van der Waals surface area contributed by atoms with E-state index in [4.69, 9.17) is 38.9 Å². The molecule has 10 nitrogen and oxygen atoms in total. The summed E-state index contributed by atoms with van der Waals surface area (Å²) in [4.78, 5) is 42.4. The van der Waals surface area contributed by atoms with Gasteiger partial charge >= 0.3 is 0 Å². The van der Waals surface area contributed by atoms with Gasteiger partial charge in [-0.2, -0.15) is 0 Å². The van der Waals surface area contributed by atoms with Crippen LogP contribution in [0.3, 0.4) is 0 Å². The lowest BCUT2D eigenvalue weighted by Gasteiger charge is -2.30. The number of nitrogens with one attached hydrogen (secondary N) is 3. The number of rotatable bonds is 15. The first-order valence-electron chi connectivity index (χ1n) is 24.5. The van der Waals surface area contributed by atoms with E-state index in [1.807, 2.05) is 72.8 Å². The van der Waals surface area contributed by atoms with E-state index in [0.29, 0.717) is 31.6 Å². The topological polar surface area (TPSA) is 129 Å². The monoisotopic (exact) mass is 1080 g/mol. The number of amides is 2. The van der Waals surface area contributed by atoms with Crippen LogP contribution in [-0.4, -0.2) is 76.4 Å². The standard InChI is InChI=1S/C28H31ClN4OS2.C20H21N3OS2.C8H10ClN/c1-18(2)33-16-13-20-24(17-33)36-28(26(20)27-31-22-9-5-6-10-23(22)35-27)32-25(34)12-15-30-14-11-19-7-3-4-8-21(19)29;1-4-17(24)22-20-18(19-21-14-7-5-6-8-15(14)25-19)13-9-10-23(12(2)3)11-16(13)26-20;9-8-4-2-1-3-7(8)5-6-10/h3-10,18,30H,11-17H2,1-2H3,(H,32,34);4-8,12H,1,9-11H2,2-3H3,(H,22,24);1-4H,5-6,10H2. The van der Waals surface area contributed by atoms with Gasteiger partial charge in [0.15, 0.2) is 0 Å². The Morgan fingerprint density at radius 2 is 1.14 bits per heavy atom. The van der Waals surface area contributed by atoms with Crippen LogP contribution in [0.1, 0.15) is 66.1 Å². The van der Waals surface area contributed by atoms with E-state index in [1.54, 1.807) is 45.3 Å². The highest BCUT2D eigenvalue weighted by Gasteiger charge is 2.30. The van der Waals surface area contributed by atoms with Gasteiger partial charge in [0.25, 0.3) is 0 Å². The predicted molar refractivity (Wildman–Crippen MR) is 309 cm³/mol. The molecule has 0 fully saturated rings. The maximum Gasteiger partial charge on any atom is 0.248 e. The van der Waals surface area contributed by atoms with Crippen LogP contribution in [0.4, 0.5) is 10.0 Å². The number of aromatic nitrogens is 2. The largest absolute Gasteiger partial charge is 0.330 e. The Balaban J connectivity index is 0.000000167. The van der Waals surface area contributed by atoms with Gasteiger partial charge < -0.3 is 21.7 Å². The third kappa shape index (κ3) is 13.3. The predicted octanol–water partition coefficient (Wildman–Crippen LogP) is 13.4. The van der Waals surface area contributed by atoms with E-state index < -0.39 is 0 Å². The molecule has 0 saturated heterocycles. The minimum absolute atomic E-state index is 0.0296. The molecule has 0 aliphatic carbocycles. The molecular formula is C56H62Cl2N8O2S4. The van der Waals surface area contributed by atoms with E-state index in [-0.39, 0.29) is 11.8 Å². The molecule has 6 heterocycles. The van der Waals surface area contributed by atoms with Gasteiger partial charge in [-0.1, -0.05) is 90.4 Å². The molecule has 16 heteroatoms. The summed E-state index contributed by atoms with van der Waals surface area (Å²) in [6.45, 7) is 18.5. The van der Waals surface area contributed by atoms with Gasteiger partial charge in [-0.05, 0) is 131 Å². The van der Waals surface area contributed by atoms with Crippen molar-refractivity contribution in [2.75, 3.05) is 43.4 Å². The molecule has 0 saturated carbocycles. The van der Waals surface area contributed by atoms with Gasteiger partial charge in [0, 0.05) is 82.2 Å². The van der Waals surface area contributed by atoms with E-state index in [2.05, 4.69) is 84.3 Å². The van der Waals surface area contributed by atoms with Crippen LogP contribution in [0, 0.1) is 0 Å². The molecule has 0 radical (unpaired) electrons. The first kappa shape index (κ1) is 53.5. The van der Waals surface area contributed by atoms with Crippen molar-refractivity contribution >= 4 is 111 Å². The van der Waals surface area contributed by atoms with Gasteiger partial charge in [0.1, 0.15) is 20.0 Å². The summed E-state index contributed by atoms with van der Waals surface area (Å²) < 4.78 is 2.34. The van der Waals surface area contributed by atoms with Crippen LogP contribution in [0.15, 0.2) is 110 Å². The van der Waals surface area contributed by atoms with Crippen molar-refractivity contribution in [1.82, 2.24) is 25.1 Å². The zero-order valence-corrected chi connectivity index (χ0v) is 46.0. The van der Waals surface area contributed by atoms with Gasteiger partial charge in [0.2, 0.25) is 11.8 Å². The molecule has 72 heavy (non-hydrogen) atoms. The lowest BCUT2D eigenvalue weighted by Crippen LogP contribution is -2.35. The Morgan fingerprint density at radius 3 is 1.61 bits per heavy atom. The zero-order chi connectivity index (χ0) is 50.7. The summed E-state index contributed by atoms with van der Waals surface area (Å²) in [5.74, 6) is -0.145. The molecule has 2 amide bonds. The Hall–Kier alpha value is -4.84. The van der Waals surface area contributed by atoms with Gasteiger partial charge in [0.05, 0.1) is 20.4 Å². The average Bonchev–Trinajstić information content (AvgIpc) is 4.17. The average molecular weight is 1080 g/mol. The normalized spacial score (nSPS) is 13.6. The first-order valence-corrected chi connectivity index (χ1v) is 28.5. The lowest BCUT2D eigenvalue weighted by molar-refractivity contribution is -0.116. The molecule has 4 aromatic heterocycles. The fraction of sp³-hybridized carbons (Fsp3) is 0.321. The molecule has 0 bridgehead atoms. The molecule has 2 aliphatic rings. The Kier molecular flexibility index (Phi) is 18.9. The molecular weight excluding hydrogens is 1020 g/mol. The van der Waals surface area contributed by atoms with Gasteiger partial charge in [-0.3, -0.25) is 19.4 Å². The summed E-state index contributed by atoms with van der Waals surface area (Å²) in [5, 5.41) is 15.0. The van der Waals surface area contributed by atoms with Crippen LogP contribution < -0.4 is 21.7 Å². The number of thiazole rings is 2. The fourth-order valence-electron chi connectivity index (χ4n) is 8.77. The molecule has 376 valence electrons. The Bertz CT molecular complexity index is 3070. The fourth-order valence-corrected chi connectivity index (χ4v) is 14.0. The number of carbonyl (C=O) groups excluding carboxylic acids is 2. The number of nitrogens with zero attached hydrogens (tertiary/aromatic N) is 4. The Labute approximate surface area is 449 Å². The molecule has 0 atom stereocenters. The van der Waals surface area contributed by atoms with Gasteiger partial charge in [-0.25, -0.2) is 9.97 Å². The van der Waals surface area contributed by atoms with Crippen molar-refractivity contribution in [2.24, 2.45) is 5.73 Å². The number of halogens is 2. The van der Waals surface area contributed by atoms with E-state index in [9.17, 15) is 9.59 Å². The number of carbonyl (C=O) groups is 2. The second-order valence-corrected chi connectivity index (χ2v) is 23.3. The molecule has 8 aromatic rings. The van der Waals surface area contributed by atoms with Crippen molar-refractivity contribution in [2.45, 2.75) is 85.0 Å². The number of thiophene rings is 2. The van der Waals surface area contributed by atoms with Crippen LogP contribution in [0.25, 0.3) is 41.6 Å². The highest BCUT2D eigenvalue weighted by molar-refractivity contribution is 7.23. The number of para-hydroxylation sites is 2. The van der Waals surface area contributed by atoms with E-state index >= 15 is 0 Å². The minimum atomic E-state index is -0.174. The number of benzene rings is 4. The lowest BCUT2D eigenvalue weighted by atomic mass is 10.0. The summed E-state index contributed by atoms with van der Waals surface area (Å²) in [7, 11) is 0. The molecule has 0 unspecified atom stereocenters. The van der Waals surface area contributed by atoms with Crippen molar-refractivity contribution in [3.63, 3.8) is 0 Å². The number of fused-ring (bicyclic) bond motifs is 4. The summed E-state index contributed by atoms with van der Waals surface area (Å²) >= 11 is 18.9. The van der Waals surface area contributed by atoms with E-state index in [0.717, 1.165) is 122 Å². The smallest absolute Gasteiger partial charge is 0.248 e. The minimum Gasteiger partial charge on any atom is -0.330 e. The molecule has 10 rings (SSSR count). The van der Waals surface area contributed by atoms with Crippen molar-refractivity contribution in [3.8, 4) is 21.1 Å². The second-order valence-electron chi connectivity index (χ2n) is 18.2. The third-order valence-corrected chi connectivity index (χ3v) is 17.9. The SMILES string of the molecule is C=CC(=O)Nc1sc2c(c1-c1nc3ccccc3s1)CCN(C(C)C)C2.CC(C)N1CCc2c(sc(NC(=O)CCNCCc3ccccc3Cl)c2-c2nc3ccccc3s2)C1.NCCc1ccccc1Cl. The number of anilines is 2. The number of hydrogen-bond donors (Lipinski definition) is 4. The van der Waals surface area contributed by atoms with Crippen LogP contribution in [0.5, 0.6) is 0 Å². The maximum atomic E-state index is 12.9. The highest BCUT2D eigenvalue weighted by Crippen LogP contribution is 2.47. The molecule has 5 N–H and O–H groups in total. The molecule has 2 aliphatic heterocycles. The van der Waals surface area contributed by atoms with E-state index in [1.165, 1.54) is 36.4 Å². The van der Waals surface area contributed by atoms with Crippen LogP contribution in [-0.2, 0) is 48.4 Å². The summed E-state index contributed by atoms with van der Waals surface area (Å²) in [6.07, 6.45) is 5.41. The number of hydrogen-bond acceptors (Lipinski definition) is 12. The first-order chi connectivity index (χ1) is 34.9. The van der Waals surface area contributed by atoms with Crippen LogP contribution in [0.2, 0.25) is 10.0 Å². The number of nitrogens with two attached hydrogens (primary N) is 1. The van der Waals surface area contributed by atoms with Crippen LogP contribution >= 0.6 is 68.5 Å². The van der Waals surface area contributed by atoms with Crippen molar-refractivity contribution in [1.29, 1.82) is 0 Å². The van der Waals surface area contributed by atoms with Crippen molar-refractivity contribution < 1.29 is 9.59 Å². The van der Waals surface area contributed by atoms with Gasteiger partial charge in [-0.15, -0.1) is 45.3 Å². The maximum absolute atomic E-state index is 12.9. The Morgan fingerprint density at radius 1 is 0.667 bits per heavy atom. The second kappa shape index (κ2) is 25.4. The summed E-state index contributed by atoms with van der Waals surface area (Å²) in [6, 6.07) is 33.1. The highest BCUT2D eigenvalue weighted by atomic mass is 35.5. The molecule has 0 spiro atoms. The zero-order valence-electron chi connectivity index (χ0n) is 41.2. The van der Waals surface area contributed by atoms with Crippen molar-refractivity contribution in [3.05, 3.63) is 152 Å².